The minimum Gasteiger partial charge on any atom is -0.302 e. The summed E-state index contributed by atoms with van der Waals surface area (Å²) in [6.45, 7) is 10.6. The predicted octanol–water partition coefficient (Wildman–Crippen LogP) is 6.03. The Morgan fingerprint density at radius 1 is 0.773 bits per heavy atom. The molecule has 0 amide bonds. The van der Waals surface area contributed by atoms with E-state index in [1.165, 1.54) is 38.5 Å². The molecular weight excluding hydrogens is 318 g/mol. The molecule has 0 aliphatic heterocycles. The van der Waals surface area contributed by atoms with E-state index in [0.717, 1.165) is 0 Å². The fourth-order valence-corrected chi connectivity index (χ4v) is 5.53. The van der Waals surface area contributed by atoms with E-state index in [9.17, 15) is 4.57 Å². The second-order valence-electron chi connectivity index (χ2n) is 5.21. The van der Waals surface area contributed by atoms with Gasteiger partial charge in [-0.2, -0.15) is 0 Å². The zero-order valence-electron chi connectivity index (χ0n) is 15.3. The molecule has 4 nitrogen and oxygen atoms in total. The number of rotatable bonds is 13. The number of hydrogen-bond acceptors (Lipinski definition) is 3. The lowest BCUT2D eigenvalue weighted by Crippen LogP contribution is -1.95. The van der Waals surface area contributed by atoms with Gasteiger partial charge in [0.2, 0.25) is 0 Å². The highest BCUT2D eigenvalue weighted by atomic mass is 31.2. The number of phosphoric acid groups is 1. The molecule has 0 radical (unpaired) electrons. The molecule has 0 saturated carbocycles. The smallest absolute Gasteiger partial charge is 0.302 e. The van der Waals surface area contributed by atoms with E-state index in [1.807, 2.05) is 0 Å². The maximum Gasteiger partial charge on any atom is 0.472 e. The molecule has 0 aromatic heterocycles. The quantitative estimate of drug-likeness (QED) is 0.409. The molecule has 1 N–H and O–H groups in total. The largest absolute Gasteiger partial charge is 0.472 e. The lowest BCUT2D eigenvalue weighted by Gasteiger charge is -2.16. The molecule has 136 valence electrons. The SMILES string of the molecule is CCCCP(CCCC)CCCC.CCOP(=O)(O)OCC. The van der Waals surface area contributed by atoms with Gasteiger partial charge in [-0.3, -0.25) is 9.05 Å². The maximum absolute atomic E-state index is 10.5. The zero-order valence-corrected chi connectivity index (χ0v) is 17.1. The van der Waals surface area contributed by atoms with Gasteiger partial charge in [0, 0.05) is 0 Å². The molecule has 22 heavy (non-hydrogen) atoms. The van der Waals surface area contributed by atoms with Crippen LogP contribution in [0.5, 0.6) is 0 Å². The molecule has 0 aromatic carbocycles. The molecule has 0 bridgehead atoms. The second-order valence-corrected chi connectivity index (χ2v) is 9.34. The number of hydrogen-bond donors (Lipinski definition) is 1. The molecule has 0 aliphatic carbocycles. The van der Waals surface area contributed by atoms with E-state index in [4.69, 9.17) is 4.89 Å². The van der Waals surface area contributed by atoms with Crippen molar-refractivity contribution >= 4 is 15.7 Å². The minimum absolute atomic E-state index is 0.188. The molecule has 0 rings (SSSR count). The Balaban J connectivity index is 0. The van der Waals surface area contributed by atoms with Gasteiger partial charge in [0.05, 0.1) is 13.2 Å². The summed E-state index contributed by atoms with van der Waals surface area (Å²) >= 11 is 0. The Bertz CT molecular complexity index is 234. The van der Waals surface area contributed by atoms with Crippen LogP contribution in [0.15, 0.2) is 0 Å². The van der Waals surface area contributed by atoms with Crippen molar-refractivity contribution in [3.63, 3.8) is 0 Å². The Labute approximate surface area is 139 Å². The summed E-state index contributed by atoms with van der Waals surface area (Å²) in [5, 5.41) is 0. The van der Waals surface area contributed by atoms with E-state index in [2.05, 4.69) is 29.8 Å². The van der Waals surface area contributed by atoms with E-state index < -0.39 is 7.82 Å². The fourth-order valence-electron chi connectivity index (χ4n) is 1.84. The third-order valence-electron chi connectivity index (χ3n) is 3.07. The summed E-state index contributed by atoms with van der Waals surface area (Å²) in [6.07, 6.45) is 13.2. The van der Waals surface area contributed by atoms with Crippen LogP contribution in [0.25, 0.3) is 0 Å². The van der Waals surface area contributed by atoms with Gasteiger partial charge in [0.1, 0.15) is 0 Å². The van der Waals surface area contributed by atoms with Crippen LogP contribution in [-0.4, -0.2) is 36.6 Å². The fraction of sp³-hybridized carbons (Fsp3) is 1.00. The first kappa shape index (κ1) is 24.8. The standard InChI is InChI=1S/C12H27P.C4H11O4P/c1-4-7-10-13(11-8-5-2)12-9-6-3;1-3-7-9(5,6)8-4-2/h4-12H2,1-3H3;3-4H2,1-2H3,(H,5,6). The summed E-state index contributed by atoms with van der Waals surface area (Å²) in [5.74, 6) is 0. The van der Waals surface area contributed by atoms with Crippen LogP contribution in [0.4, 0.5) is 0 Å². The van der Waals surface area contributed by atoms with E-state index in [-0.39, 0.29) is 13.2 Å². The van der Waals surface area contributed by atoms with Crippen molar-refractivity contribution in [2.45, 2.75) is 73.1 Å². The van der Waals surface area contributed by atoms with E-state index in [0.29, 0.717) is 7.92 Å². The van der Waals surface area contributed by atoms with Crippen LogP contribution in [-0.2, 0) is 13.6 Å². The molecule has 0 saturated heterocycles. The highest BCUT2D eigenvalue weighted by molar-refractivity contribution is 7.57. The highest BCUT2D eigenvalue weighted by Gasteiger charge is 2.17. The first-order valence-corrected chi connectivity index (χ1v) is 12.2. The van der Waals surface area contributed by atoms with E-state index in [1.54, 1.807) is 32.3 Å². The average Bonchev–Trinajstić information content (AvgIpc) is 2.47. The van der Waals surface area contributed by atoms with E-state index >= 15 is 0 Å². The van der Waals surface area contributed by atoms with Crippen molar-refractivity contribution < 1.29 is 18.5 Å². The Kier molecular flexibility index (Phi) is 20.2. The van der Waals surface area contributed by atoms with Gasteiger partial charge in [-0.15, -0.1) is 7.92 Å². The van der Waals surface area contributed by atoms with Crippen LogP contribution in [0, 0.1) is 0 Å². The second kappa shape index (κ2) is 17.9. The van der Waals surface area contributed by atoms with Crippen LogP contribution in [0.3, 0.4) is 0 Å². The predicted molar refractivity (Wildman–Crippen MR) is 99.3 cm³/mol. The third-order valence-corrected chi connectivity index (χ3v) is 7.08. The van der Waals surface area contributed by atoms with Crippen molar-refractivity contribution in [3.05, 3.63) is 0 Å². The minimum atomic E-state index is -3.69. The van der Waals surface area contributed by atoms with Gasteiger partial charge in [0.15, 0.2) is 0 Å². The normalized spacial score (nSPS) is 11.4. The Hall–Kier alpha value is 0.540. The molecule has 0 atom stereocenters. The Morgan fingerprint density at radius 3 is 1.32 bits per heavy atom. The monoisotopic (exact) mass is 356 g/mol. The number of phosphoric ester groups is 1. The molecule has 0 fully saturated rings. The van der Waals surface area contributed by atoms with Crippen molar-refractivity contribution in [2.75, 3.05) is 31.7 Å². The summed E-state index contributed by atoms with van der Waals surface area (Å²) in [4.78, 5) is 8.63. The molecule has 0 spiro atoms. The van der Waals surface area contributed by atoms with Crippen molar-refractivity contribution in [1.82, 2.24) is 0 Å². The molecule has 0 aromatic rings. The summed E-state index contributed by atoms with van der Waals surface area (Å²) in [6, 6.07) is 0. The third kappa shape index (κ3) is 18.6. The molecule has 6 heteroatoms. The van der Waals surface area contributed by atoms with Crippen LogP contribution >= 0.6 is 15.7 Å². The maximum atomic E-state index is 10.5. The topological polar surface area (TPSA) is 55.8 Å². The first-order valence-electron chi connectivity index (χ1n) is 8.81. The van der Waals surface area contributed by atoms with Gasteiger partial charge in [-0.1, -0.05) is 40.0 Å². The van der Waals surface area contributed by atoms with Crippen LogP contribution < -0.4 is 0 Å². The molecular formula is C16H38O4P2. The van der Waals surface area contributed by atoms with Gasteiger partial charge in [-0.05, 0) is 51.6 Å². The summed E-state index contributed by atoms with van der Waals surface area (Å²) in [7, 11) is -3.27. The lowest BCUT2D eigenvalue weighted by atomic mass is 10.4. The zero-order chi connectivity index (χ0) is 17.3. The van der Waals surface area contributed by atoms with Gasteiger partial charge in [0.25, 0.3) is 0 Å². The number of unbranched alkanes of at least 4 members (excludes halogenated alkanes) is 3. The van der Waals surface area contributed by atoms with Gasteiger partial charge in [-0.25, -0.2) is 4.57 Å². The van der Waals surface area contributed by atoms with Crippen molar-refractivity contribution in [2.24, 2.45) is 0 Å². The average molecular weight is 356 g/mol. The van der Waals surface area contributed by atoms with Crippen molar-refractivity contribution in [3.8, 4) is 0 Å². The molecule has 0 unspecified atom stereocenters. The highest BCUT2D eigenvalue weighted by Crippen LogP contribution is 2.42. The van der Waals surface area contributed by atoms with Gasteiger partial charge < -0.3 is 4.89 Å². The lowest BCUT2D eigenvalue weighted by molar-refractivity contribution is 0.161. The first-order chi connectivity index (χ1) is 10.5. The molecule has 0 heterocycles. The van der Waals surface area contributed by atoms with Crippen LogP contribution in [0.1, 0.15) is 73.1 Å². The Morgan fingerprint density at radius 2 is 1.09 bits per heavy atom. The summed E-state index contributed by atoms with van der Waals surface area (Å²) in [5.41, 5.74) is 0. The summed E-state index contributed by atoms with van der Waals surface area (Å²) < 4.78 is 19.2. The van der Waals surface area contributed by atoms with Crippen LogP contribution in [0.2, 0.25) is 0 Å². The van der Waals surface area contributed by atoms with Crippen molar-refractivity contribution in [1.29, 1.82) is 0 Å². The molecule has 0 aliphatic rings. The van der Waals surface area contributed by atoms with Gasteiger partial charge >= 0.3 is 7.82 Å².